The highest BCUT2D eigenvalue weighted by molar-refractivity contribution is 7.16. The third-order valence-corrected chi connectivity index (χ3v) is 3.62. The fourth-order valence-electron chi connectivity index (χ4n) is 1.67. The summed E-state index contributed by atoms with van der Waals surface area (Å²) in [6, 6.07) is 8.16. The summed E-state index contributed by atoms with van der Waals surface area (Å²) in [6.45, 7) is 3.02. The van der Waals surface area contributed by atoms with E-state index in [0.717, 1.165) is 23.1 Å². The Bertz CT molecular complexity index is 424. The van der Waals surface area contributed by atoms with Gasteiger partial charge in [0.05, 0.1) is 16.6 Å². The molecule has 0 saturated heterocycles. The monoisotopic (exact) mass is 255 g/mol. The van der Waals surface area contributed by atoms with E-state index in [0.29, 0.717) is 0 Å². The van der Waals surface area contributed by atoms with E-state index in [1.807, 2.05) is 18.2 Å². The van der Waals surface area contributed by atoms with Gasteiger partial charge >= 0.3 is 0 Å². The summed E-state index contributed by atoms with van der Waals surface area (Å²) in [5.41, 5.74) is 0. The van der Waals surface area contributed by atoms with Crippen molar-refractivity contribution in [2.45, 2.75) is 19.4 Å². The van der Waals surface area contributed by atoms with Gasteiger partial charge in [-0.3, -0.25) is 0 Å². The zero-order chi connectivity index (χ0) is 11.4. The summed E-state index contributed by atoms with van der Waals surface area (Å²) in [7, 11) is 0. The van der Waals surface area contributed by atoms with Gasteiger partial charge in [0, 0.05) is 11.3 Å². The third-order valence-electron chi connectivity index (χ3n) is 2.37. The lowest BCUT2D eigenvalue weighted by molar-refractivity contribution is 0.418. The maximum atomic E-state index is 5.92. The van der Waals surface area contributed by atoms with Crippen molar-refractivity contribution in [3.05, 3.63) is 45.5 Å². The fraction of sp³-hybridized carbons (Fsp3) is 0.333. The topological polar surface area (TPSA) is 25.2 Å². The molecule has 2 aromatic heterocycles. The molecular formula is C12H14ClNOS. The van der Waals surface area contributed by atoms with E-state index in [4.69, 9.17) is 16.0 Å². The number of likely N-dealkylation sites (N-methyl/N-ethyl adjacent to an activating group) is 1. The number of hydrogen-bond donors (Lipinski definition) is 1. The molecular weight excluding hydrogens is 242 g/mol. The Hall–Kier alpha value is -0.770. The van der Waals surface area contributed by atoms with E-state index < -0.39 is 0 Å². The molecule has 0 aliphatic carbocycles. The molecule has 0 saturated carbocycles. The molecule has 0 bridgehead atoms. The first-order chi connectivity index (χ1) is 7.79. The molecule has 0 aliphatic rings. The number of furan rings is 1. The van der Waals surface area contributed by atoms with E-state index in [-0.39, 0.29) is 6.04 Å². The third kappa shape index (κ3) is 2.88. The second-order valence-corrected chi connectivity index (χ2v) is 5.34. The first-order valence-corrected chi connectivity index (χ1v) is 6.50. The minimum absolute atomic E-state index is 0.231. The van der Waals surface area contributed by atoms with Crippen molar-refractivity contribution < 1.29 is 4.42 Å². The summed E-state index contributed by atoms with van der Waals surface area (Å²) < 4.78 is 6.27. The van der Waals surface area contributed by atoms with Crippen molar-refractivity contribution >= 4 is 22.9 Å². The zero-order valence-corrected chi connectivity index (χ0v) is 10.6. The molecule has 1 unspecified atom stereocenters. The summed E-state index contributed by atoms with van der Waals surface area (Å²) >= 11 is 7.54. The smallest absolute Gasteiger partial charge is 0.121 e. The van der Waals surface area contributed by atoms with Gasteiger partial charge in [-0.1, -0.05) is 18.5 Å². The molecule has 2 nitrogen and oxygen atoms in total. The molecule has 0 radical (unpaired) electrons. The van der Waals surface area contributed by atoms with Gasteiger partial charge in [0.25, 0.3) is 0 Å². The van der Waals surface area contributed by atoms with E-state index in [1.165, 1.54) is 4.88 Å². The Morgan fingerprint density at radius 1 is 1.44 bits per heavy atom. The molecule has 4 heteroatoms. The van der Waals surface area contributed by atoms with Crippen LogP contribution in [0.1, 0.15) is 23.6 Å². The van der Waals surface area contributed by atoms with Gasteiger partial charge in [-0.15, -0.1) is 11.3 Å². The van der Waals surface area contributed by atoms with E-state index in [2.05, 4.69) is 18.3 Å². The molecule has 2 rings (SSSR count). The van der Waals surface area contributed by atoms with Gasteiger partial charge in [-0.2, -0.15) is 0 Å². The molecule has 2 aromatic rings. The van der Waals surface area contributed by atoms with Crippen LogP contribution in [0.5, 0.6) is 0 Å². The van der Waals surface area contributed by atoms with Crippen LogP contribution in [0.15, 0.2) is 34.9 Å². The van der Waals surface area contributed by atoms with Gasteiger partial charge in [0.2, 0.25) is 0 Å². The fourth-order valence-corrected chi connectivity index (χ4v) is 2.80. The lowest BCUT2D eigenvalue weighted by Gasteiger charge is -2.14. The molecule has 0 aromatic carbocycles. The highest BCUT2D eigenvalue weighted by Gasteiger charge is 2.14. The van der Waals surface area contributed by atoms with Gasteiger partial charge in [-0.25, -0.2) is 0 Å². The highest BCUT2D eigenvalue weighted by Crippen LogP contribution is 2.26. The van der Waals surface area contributed by atoms with Crippen LogP contribution >= 0.6 is 22.9 Å². The number of nitrogens with one attached hydrogen (secondary N) is 1. The number of halogens is 1. The first kappa shape index (κ1) is 11.7. The number of thiophene rings is 1. The Balaban J connectivity index is 2.09. The highest BCUT2D eigenvalue weighted by atomic mass is 35.5. The summed E-state index contributed by atoms with van der Waals surface area (Å²) in [5.74, 6) is 0.978. The number of rotatable bonds is 5. The lowest BCUT2D eigenvalue weighted by atomic mass is 10.1. The van der Waals surface area contributed by atoms with Crippen LogP contribution in [-0.4, -0.2) is 6.54 Å². The Morgan fingerprint density at radius 2 is 2.31 bits per heavy atom. The van der Waals surface area contributed by atoms with Gasteiger partial charge < -0.3 is 9.73 Å². The zero-order valence-electron chi connectivity index (χ0n) is 9.07. The predicted octanol–water partition coefficient (Wildman–Crippen LogP) is 3.89. The van der Waals surface area contributed by atoms with Crippen LogP contribution in [0.25, 0.3) is 0 Å². The quantitative estimate of drug-likeness (QED) is 0.877. The summed E-state index contributed by atoms with van der Waals surface area (Å²) in [4.78, 5) is 1.27. The molecule has 0 spiro atoms. The minimum atomic E-state index is 0.231. The molecule has 0 amide bonds. The van der Waals surface area contributed by atoms with Crippen LogP contribution < -0.4 is 5.32 Å². The Morgan fingerprint density at radius 3 is 2.88 bits per heavy atom. The first-order valence-electron chi connectivity index (χ1n) is 5.30. The second-order valence-electron chi connectivity index (χ2n) is 3.54. The maximum Gasteiger partial charge on any atom is 0.121 e. The summed E-state index contributed by atoms with van der Waals surface area (Å²) in [6.07, 6.45) is 2.62. The van der Waals surface area contributed by atoms with Crippen molar-refractivity contribution in [2.24, 2.45) is 0 Å². The standard InChI is InChI=1S/C12H14ClNOS/c1-2-14-10(11-4-3-7-15-11)8-9-5-6-12(13)16-9/h3-7,10,14H,2,8H2,1H3. The molecule has 0 fully saturated rings. The average Bonchev–Trinajstić information content (AvgIpc) is 2.88. The van der Waals surface area contributed by atoms with Crippen molar-refractivity contribution in [1.82, 2.24) is 5.32 Å². The second kappa shape index (κ2) is 5.53. The molecule has 16 heavy (non-hydrogen) atoms. The number of hydrogen-bond acceptors (Lipinski definition) is 3. The van der Waals surface area contributed by atoms with E-state index >= 15 is 0 Å². The Labute approximate surface area is 104 Å². The van der Waals surface area contributed by atoms with E-state index in [1.54, 1.807) is 17.6 Å². The Kier molecular flexibility index (Phi) is 4.04. The molecule has 1 N–H and O–H groups in total. The molecule has 0 aliphatic heterocycles. The molecule has 1 atom stereocenters. The van der Waals surface area contributed by atoms with Crippen LogP contribution in [-0.2, 0) is 6.42 Å². The van der Waals surface area contributed by atoms with Crippen molar-refractivity contribution in [3.63, 3.8) is 0 Å². The maximum absolute atomic E-state index is 5.92. The largest absolute Gasteiger partial charge is 0.468 e. The van der Waals surface area contributed by atoms with Crippen molar-refractivity contribution in [1.29, 1.82) is 0 Å². The average molecular weight is 256 g/mol. The van der Waals surface area contributed by atoms with Gasteiger partial charge in [0.15, 0.2) is 0 Å². The SMILES string of the molecule is CCNC(Cc1ccc(Cl)s1)c1ccco1. The van der Waals surface area contributed by atoms with Crippen LogP contribution in [0.3, 0.4) is 0 Å². The molecule has 2 heterocycles. The van der Waals surface area contributed by atoms with Gasteiger partial charge in [-0.05, 0) is 30.8 Å². The van der Waals surface area contributed by atoms with Crippen LogP contribution in [0.4, 0.5) is 0 Å². The summed E-state index contributed by atoms with van der Waals surface area (Å²) in [5, 5.41) is 3.41. The normalized spacial score (nSPS) is 12.9. The van der Waals surface area contributed by atoms with Crippen LogP contribution in [0, 0.1) is 0 Å². The predicted molar refractivity (Wildman–Crippen MR) is 68.2 cm³/mol. The van der Waals surface area contributed by atoms with Crippen molar-refractivity contribution in [2.75, 3.05) is 6.54 Å². The lowest BCUT2D eigenvalue weighted by Crippen LogP contribution is -2.22. The molecule has 86 valence electrons. The van der Waals surface area contributed by atoms with E-state index in [9.17, 15) is 0 Å². The minimum Gasteiger partial charge on any atom is -0.468 e. The van der Waals surface area contributed by atoms with Crippen LogP contribution in [0.2, 0.25) is 4.34 Å². The van der Waals surface area contributed by atoms with Gasteiger partial charge in [0.1, 0.15) is 5.76 Å². The van der Waals surface area contributed by atoms with Crippen molar-refractivity contribution in [3.8, 4) is 0 Å².